The van der Waals surface area contributed by atoms with E-state index < -0.39 is 10.0 Å². The number of anilines is 1. The van der Waals surface area contributed by atoms with Crippen molar-refractivity contribution >= 4 is 37.4 Å². The number of benzene rings is 2. The fraction of sp³-hybridized carbons (Fsp3) is 0.217. The smallest absolute Gasteiger partial charge is 0.263 e. The van der Waals surface area contributed by atoms with Crippen LogP contribution in [0.1, 0.15) is 31.9 Å². The molecule has 0 amide bonds. The van der Waals surface area contributed by atoms with E-state index in [2.05, 4.69) is 35.5 Å². The SMILES string of the molecule is Cc1ccc(C(C)(C)C)cc1S(=O)(=O)Nc1ncnc2sc(-c3ccccc3)cc12. The standard InChI is InChI=1S/C23H23N3O2S2/c1-15-10-11-17(23(2,3)4)12-20(15)30(27,28)26-21-18-13-19(16-8-6-5-7-9-16)29-22(18)25-14-24-21/h5-14H,1-4H3,(H,24,25,26). The van der Waals surface area contributed by atoms with E-state index in [9.17, 15) is 8.42 Å². The Hall–Kier alpha value is -2.77. The van der Waals surface area contributed by atoms with E-state index in [1.54, 1.807) is 13.0 Å². The lowest BCUT2D eigenvalue weighted by molar-refractivity contribution is 0.584. The molecule has 0 atom stereocenters. The van der Waals surface area contributed by atoms with Gasteiger partial charge in [0.15, 0.2) is 5.82 Å². The van der Waals surface area contributed by atoms with E-state index in [0.29, 0.717) is 16.8 Å². The third kappa shape index (κ3) is 3.95. The van der Waals surface area contributed by atoms with Crippen molar-refractivity contribution in [2.45, 2.75) is 38.0 Å². The maximum absolute atomic E-state index is 13.3. The molecule has 0 aliphatic carbocycles. The summed E-state index contributed by atoms with van der Waals surface area (Å²) in [6.45, 7) is 7.98. The van der Waals surface area contributed by atoms with Gasteiger partial charge in [0, 0.05) is 4.88 Å². The van der Waals surface area contributed by atoms with Gasteiger partial charge in [-0.15, -0.1) is 11.3 Å². The van der Waals surface area contributed by atoms with E-state index in [-0.39, 0.29) is 10.3 Å². The summed E-state index contributed by atoms with van der Waals surface area (Å²) in [6, 6.07) is 17.5. The molecule has 0 aliphatic rings. The van der Waals surface area contributed by atoms with Gasteiger partial charge in [0.05, 0.1) is 10.3 Å². The van der Waals surface area contributed by atoms with Gasteiger partial charge < -0.3 is 0 Å². The number of aryl methyl sites for hydroxylation is 1. The van der Waals surface area contributed by atoms with Crippen LogP contribution in [0.25, 0.3) is 20.7 Å². The van der Waals surface area contributed by atoms with Gasteiger partial charge in [-0.3, -0.25) is 4.72 Å². The molecule has 0 spiro atoms. The molecular formula is C23H23N3O2S2. The molecule has 1 N–H and O–H groups in total. The quantitative estimate of drug-likeness (QED) is 0.440. The first-order valence-electron chi connectivity index (χ1n) is 9.59. The Morgan fingerprint density at radius 2 is 1.70 bits per heavy atom. The second-order valence-electron chi connectivity index (χ2n) is 8.25. The first-order chi connectivity index (χ1) is 14.1. The third-order valence-electron chi connectivity index (χ3n) is 4.96. The second-order valence-corrected chi connectivity index (χ2v) is 10.9. The van der Waals surface area contributed by atoms with Crippen LogP contribution in [-0.4, -0.2) is 18.4 Å². The monoisotopic (exact) mass is 437 g/mol. The number of nitrogens with zero attached hydrogens (tertiary/aromatic N) is 2. The highest BCUT2D eigenvalue weighted by Gasteiger charge is 2.23. The average molecular weight is 438 g/mol. The number of thiophene rings is 1. The van der Waals surface area contributed by atoms with Gasteiger partial charge in [0.2, 0.25) is 0 Å². The molecule has 0 radical (unpaired) electrons. The molecule has 2 aromatic heterocycles. The molecule has 2 aromatic carbocycles. The molecule has 5 nitrogen and oxygen atoms in total. The summed E-state index contributed by atoms with van der Waals surface area (Å²) >= 11 is 1.51. The average Bonchev–Trinajstić information content (AvgIpc) is 3.13. The van der Waals surface area contributed by atoms with Gasteiger partial charge in [-0.2, -0.15) is 0 Å². The normalized spacial score (nSPS) is 12.3. The van der Waals surface area contributed by atoms with Crippen molar-refractivity contribution < 1.29 is 8.42 Å². The van der Waals surface area contributed by atoms with Crippen LogP contribution in [0, 0.1) is 6.92 Å². The molecule has 30 heavy (non-hydrogen) atoms. The summed E-state index contributed by atoms with van der Waals surface area (Å²) in [7, 11) is -3.81. The van der Waals surface area contributed by atoms with Gasteiger partial charge in [0.1, 0.15) is 11.2 Å². The van der Waals surface area contributed by atoms with Crippen molar-refractivity contribution in [1.82, 2.24) is 9.97 Å². The first-order valence-corrected chi connectivity index (χ1v) is 11.9. The summed E-state index contributed by atoms with van der Waals surface area (Å²) in [5, 5.41) is 0.689. The maximum atomic E-state index is 13.3. The molecule has 2 heterocycles. The Bertz CT molecular complexity index is 1320. The van der Waals surface area contributed by atoms with Crippen molar-refractivity contribution in [2.24, 2.45) is 0 Å². The fourth-order valence-electron chi connectivity index (χ4n) is 3.22. The molecule has 0 fully saturated rings. The molecule has 0 unspecified atom stereocenters. The topological polar surface area (TPSA) is 72.0 Å². The number of aromatic nitrogens is 2. The minimum absolute atomic E-state index is 0.155. The van der Waals surface area contributed by atoms with E-state index in [1.807, 2.05) is 48.5 Å². The predicted molar refractivity (Wildman–Crippen MR) is 124 cm³/mol. The number of fused-ring (bicyclic) bond motifs is 1. The van der Waals surface area contributed by atoms with E-state index >= 15 is 0 Å². The van der Waals surface area contributed by atoms with Crippen molar-refractivity contribution in [3.05, 3.63) is 72.1 Å². The zero-order valence-corrected chi connectivity index (χ0v) is 18.9. The zero-order valence-electron chi connectivity index (χ0n) is 17.3. The third-order valence-corrected chi connectivity index (χ3v) is 7.54. The highest BCUT2D eigenvalue weighted by atomic mass is 32.2. The number of hydrogen-bond acceptors (Lipinski definition) is 5. The van der Waals surface area contributed by atoms with E-state index in [4.69, 9.17) is 0 Å². The molecule has 0 aliphatic heterocycles. The fourth-order valence-corrected chi connectivity index (χ4v) is 5.53. The summed E-state index contributed by atoms with van der Waals surface area (Å²) < 4.78 is 29.2. The second kappa shape index (κ2) is 7.49. The minimum Gasteiger partial charge on any atom is -0.263 e. The van der Waals surface area contributed by atoms with Crippen LogP contribution in [0.2, 0.25) is 0 Å². The summed E-state index contributed by atoms with van der Waals surface area (Å²) in [5.41, 5.74) is 2.56. The Kier molecular flexibility index (Phi) is 5.11. The van der Waals surface area contributed by atoms with Crippen LogP contribution >= 0.6 is 11.3 Å². The Labute approximate surface area is 180 Å². The molecular weight excluding hydrogens is 414 g/mol. The molecule has 154 valence electrons. The number of sulfonamides is 1. The number of hydrogen-bond donors (Lipinski definition) is 1. The van der Waals surface area contributed by atoms with Gasteiger partial charge in [-0.05, 0) is 41.2 Å². The highest BCUT2D eigenvalue weighted by molar-refractivity contribution is 7.92. The Balaban J connectivity index is 1.76. The van der Waals surface area contributed by atoms with Crippen LogP contribution in [0.3, 0.4) is 0 Å². The summed E-state index contributed by atoms with van der Waals surface area (Å²) in [6.07, 6.45) is 1.39. The minimum atomic E-state index is -3.81. The van der Waals surface area contributed by atoms with Crippen molar-refractivity contribution in [1.29, 1.82) is 0 Å². The van der Waals surface area contributed by atoms with E-state index in [0.717, 1.165) is 20.8 Å². The molecule has 4 rings (SSSR count). The van der Waals surface area contributed by atoms with Crippen molar-refractivity contribution in [3.63, 3.8) is 0 Å². The number of nitrogens with one attached hydrogen (secondary N) is 1. The van der Waals surface area contributed by atoms with Crippen molar-refractivity contribution in [3.8, 4) is 10.4 Å². The van der Waals surface area contributed by atoms with Gasteiger partial charge >= 0.3 is 0 Å². The molecule has 7 heteroatoms. The number of rotatable bonds is 4. The summed E-state index contributed by atoms with van der Waals surface area (Å²) in [4.78, 5) is 10.6. The van der Waals surface area contributed by atoms with Crippen LogP contribution in [0.5, 0.6) is 0 Å². The lowest BCUT2D eigenvalue weighted by atomic mass is 9.87. The van der Waals surface area contributed by atoms with Gasteiger partial charge in [-0.25, -0.2) is 18.4 Å². The van der Waals surface area contributed by atoms with Crippen LogP contribution in [0.15, 0.2) is 65.8 Å². The van der Waals surface area contributed by atoms with E-state index in [1.165, 1.54) is 17.7 Å². The Morgan fingerprint density at radius 1 is 0.967 bits per heavy atom. The lowest BCUT2D eigenvalue weighted by Gasteiger charge is -2.21. The van der Waals surface area contributed by atoms with Gasteiger partial charge in [0.25, 0.3) is 10.0 Å². The van der Waals surface area contributed by atoms with Gasteiger partial charge in [-0.1, -0.05) is 63.2 Å². The zero-order chi connectivity index (χ0) is 21.5. The Morgan fingerprint density at radius 3 is 2.40 bits per heavy atom. The highest BCUT2D eigenvalue weighted by Crippen LogP contribution is 2.36. The van der Waals surface area contributed by atoms with Crippen molar-refractivity contribution in [2.75, 3.05) is 4.72 Å². The molecule has 0 saturated heterocycles. The first kappa shape index (κ1) is 20.5. The predicted octanol–water partition coefficient (Wildman–Crippen LogP) is 5.77. The van der Waals surface area contributed by atoms with Crippen LogP contribution < -0.4 is 4.72 Å². The molecule has 0 bridgehead atoms. The maximum Gasteiger partial charge on any atom is 0.263 e. The lowest BCUT2D eigenvalue weighted by Crippen LogP contribution is -2.18. The molecule has 4 aromatic rings. The van der Waals surface area contributed by atoms with Crippen LogP contribution in [0.4, 0.5) is 5.82 Å². The molecule has 0 saturated carbocycles. The largest absolute Gasteiger partial charge is 0.263 e. The van der Waals surface area contributed by atoms with Crippen LogP contribution in [-0.2, 0) is 15.4 Å². The summed E-state index contributed by atoms with van der Waals surface area (Å²) in [5.74, 6) is 0.291.